The number of hydrazine groups is 1. The first-order valence-corrected chi connectivity index (χ1v) is 6.55. The molecule has 2 heterocycles. The normalized spacial score (nSPS) is 31.2. The Bertz CT molecular complexity index is 400. The SMILES string of the molecule is CC1=[N+](C)NC(C(=O)C[C@H]2NC(=O)[C@@H]2C(C)C)C1. The standard InChI is InChI=1S/C13H21N3O2/c1-7(2)12-10(14-13(12)18)6-11(17)9-5-8(3)16(4)15-9/h7,9-10,12,15H,5-6H2,1-4H3/p+1/t9?,10-,12-/m1/s1. The molecule has 100 valence electrons. The molecule has 0 aromatic rings. The van der Waals surface area contributed by atoms with E-state index < -0.39 is 0 Å². The van der Waals surface area contributed by atoms with Crippen molar-refractivity contribution >= 4 is 17.4 Å². The molecule has 0 aromatic carbocycles. The van der Waals surface area contributed by atoms with Crippen molar-refractivity contribution in [1.29, 1.82) is 0 Å². The van der Waals surface area contributed by atoms with E-state index in [-0.39, 0.29) is 29.7 Å². The smallest absolute Gasteiger partial charge is 0.225 e. The first-order chi connectivity index (χ1) is 8.40. The van der Waals surface area contributed by atoms with E-state index in [9.17, 15) is 9.59 Å². The summed E-state index contributed by atoms with van der Waals surface area (Å²) in [7, 11) is 1.92. The fourth-order valence-electron chi connectivity index (χ4n) is 2.77. The molecule has 2 rings (SSSR count). The third kappa shape index (κ3) is 2.26. The minimum Gasteiger partial charge on any atom is -0.352 e. The van der Waals surface area contributed by atoms with Crippen LogP contribution in [0.2, 0.25) is 0 Å². The number of rotatable bonds is 4. The van der Waals surface area contributed by atoms with Gasteiger partial charge in [0.1, 0.15) is 6.04 Å². The van der Waals surface area contributed by atoms with E-state index >= 15 is 0 Å². The summed E-state index contributed by atoms with van der Waals surface area (Å²) < 4.78 is 1.90. The summed E-state index contributed by atoms with van der Waals surface area (Å²) in [4.78, 5) is 23.6. The fourth-order valence-corrected chi connectivity index (χ4v) is 2.77. The summed E-state index contributed by atoms with van der Waals surface area (Å²) in [6.07, 6.45) is 1.20. The van der Waals surface area contributed by atoms with Crippen molar-refractivity contribution in [3.05, 3.63) is 0 Å². The predicted octanol–water partition coefficient (Wildman–Crippen LogP) is 0.0963. The molecule has 5 heteroatoms. The topological polar surface area (TPSA) is 61.2 Å². The van der Waals surface area contributed by atoms with Gasteiger partial charge in [-0.2, -0.15) is 5.43 Å². The molecule has 3 atom stereocenters. The number of Topliss-reactive ketones (excluding diaryl/α,β-unsaturated/α-hetero) is 1. The van der Waals surface area contributed by atoms with Crippen LogP contribution in [0.25, 0.3) is 0 Å². The van der Waals surface area contributed by atoms with Gasteiger partial charge < -0.3 is 5.32 Å². The Kier molecular flexibility index (Phi) is 3.41. The van der Waals surface area contributed by atoms with Gasteiger partial charge in [-0.25, -0.2) is 0 Å². The highest BCUT2D eigenvalue weighted by Gasteiger charge is 2.43. The molecule has 2 N–H and O–H groups in total. The highest BCUT2D eigenvalue weighted by atomic mass is 16.2. The Hall–Kier alpha value is -1.39. The largest absolute Gasteiger partial charge is 0.352 e. The number of ketones is 1. The lowest BCUT2D eigenvalue weighted by Gasteiger charge is -2.39. The zero-order chi connectivity index (χ0) is 13.4. The lowest BCUT2D eigenvalue weighted by Crippen LogP contribution is -2.61. The van der Waals surface area contributed by atoms with Crippen molar-refractivity contribution in [1.82, 2.24) is 10.7 Å². The molecule has 2 aliphatic rings. The van der Waals surface area contributed by atoms with Gasteiger partial charge in [-0.15, -0.1) is 4.68 Å². The Morgan fingerprint density at radius 3 is 2.61 bits per heavy atom. The number of carbonyl (C=O) groups is 2. The molecule has 0 radical (unpaired) electrons. The molecule has 1 unspecified atom stereocenters. The van der Waals surface area contributed by atoms with Crippen LogP contribution in [0.3, 0.4) is 0 Å². The number of β-lactam (4-membered cyclic amide) rings is 1. The van der Waals surface area contributed by atoms with E-state index in [2.05, 4.69) is 10.7 Å². The van der Waals surface area contributed by atoms with Crippen LogP contribution < -0.4 is 10.7 Å². The third-order valence-electron chi connectivity index (χ3n) is 4.01. The second kappa shape index (κ2) is 4.71. The van der Waals surface area contributed by atoms with Crippen molar-refractivity contribution < 1.29 is 14.3 Å². The zero-order valence-corrected chi connectivity index (χ0v) is 11.5. The average Bonchev–Trinajstić information content (AvgIpc) is 2.57. The molecule has 0 aromatic heterocycles. The van der Waals surface area contributed by atoms with E-state index in [1.807, 2.05) is 32.5 Å². The Morgan fingerprint density at radius 2 is 2.17 bits per heavy atom. The maximum absolute atomic E-state index is 12.2. The van der Waals surface area contributed by atoms with Gasteiger partial charge in [-0.05, 0) is 5.92 Å². The van der Waals surface area contributed by atoms with Crippen LogP contribution in [-0.4, -0.2) is 41.2 Å². The number of hydrogen-bond acceptors (Lipinski definition) is 3. The summed E-state index contributed by atoms with van der Waals surface area (Å²) in [5.74, 6) is 0.568. The maximum Gasteiger partial charge on any atom is 0.225 e. The van der Waals surface area contributed by atoms with Crippen LogP contribution >= 0.6 is 0 Å². The number of nitrogens with zero attached hydrogens (tertiary/aromatic N) is 1. The highest BCUT2D eigenvalue weighted by Crippen LogP contribution is 2.26. The Balaban J connectivity index is 1.88. The van der Waals surface area contributed by atoms with Crippen molar-refractivity contribution in [2.45, 2.75) is 45.7 Å². The second-order valence-electron chi connectivity index (χ2n) is 5.74. The Morgan fingerprint density at radius 1 is 1.50 bits per heavy atom. The molecule has 0 bridgehead atoms. The molecule has 1 saturated heterocycles. The lowest BCUT2D eigenvalue weighted by atomic mass is 9.78. The molecule has 0 spiro atoms. The molecule has 1 amide bonds. The molecule has 1 fully saturated rings. The van der Waals surface area contributed by atoms with E-state index in [0.717, 1.165) is 6.42 Å². The van der Waals surface area contributed by atoms with E-state index in [1.165, 1.54) is 5.71 Å². The first-order valence-electron chi connectivity index (χ1n) is 6.55. The molecular weight excluding hydrogens is 230 g/mol. The van der Waals surface area contributed by atoms with Crippen LogP contribution in [0.15, 0.2) is 0 Å². The quantitative estimate of drug-likeness (QED) is 0.551. The maximum atomic E-state index is 12.2. The highest BCUT2D eigenvalue weighted by molar-refractivity contribution is 5.94. The van der Waals surface area contributed by atoms with Gasteiger partial charge >= 0.3 is 0 Å². The van der Waals surface area contributed by atoms with Crippen LogP contribution in [-0.2, 0) is 9.59 Å². The van der Waals surface area contributed by atoms with Crippen molar-refractivity contribution in [3.63, 3.8) is 0 Å². The van der Waals surface area contributed by atoms with Gasteiger partial charge in [-0.1, -0.05) is 13.8 Å². The van der Waals surface area contributed by atoms with Crippen LogP contribution in [0.4, 0.5) is 0 Å². The first kappa shape index (κ1) is 13.1. The number of hydrogen-bond donors (Lipinski definition) is 2. The molecule has 2 aliphatic heterocycles. The number of amides is 1. The van der Waals surface area contributed by atoms with Crippen molar-refractivity contribution in [3.8, 4) is 0 Å². The summed E-state index contributed by atoms with van der Waals surface area (Å²) in [5, 5.41) is 2.84. The number of nitrogens with one attached hydrogen (secondary N) is 2. The van der Waals surface area contributed by atoms with E-state index in [0.29, 0.717) is 12.3 Å². The van der Waals surface area contributed by atoms with Gasteiger partial charge in [0, 0.05) is 19.4 Å². The van der Waals surface area contributed by atoms with Gasteiger partial charge in [0.25, 0.3) is 0 Å². The van der Waals surface area contributed by atoms with Gasteiger partial charge in [0.2, 0.25) is 5.91 Å². The molecule has 0 saturated carbocycles. The summed E-state index contributed by atoms with van der Waals surface area (Å²) in [6, 6.07) is -0.0988. The minimum atomic E-state index is -0.125. The van der Waals surface area contributed by atoms with E-state index in [1.54, 1.807) is 0 Å². The average molecular weight is 252 g/mol. The third-order valence-corrected chi connectivity index (χ3v) is 4.01. The minimum absolute atomic E-state index is 0.00170. The summed E-state index contributed by atoms with van der Waals surface area (Å²) >= 11 is 0. The van der Waals surface area contributed by atoms with Gasteiger partial charge in [0.15, 0.2) is 18.5 Å². The van der Waals surface area contributed by atoms with Crippen molar-refractivity contribution in [2.75, 3.05) is 7.05 Å². The van der Waals surface area contributed by atoms with Gasteiger partial charge in [-0.3, -0.25) is 9.59 Å². The van der Waals surface area contributed by atoms with E-state index in [4.69, 9.17) is 0 Å². The molecule has 5 nitrogen and oxygen atoms in total. The van der Waals surface area contributed by atoms with Crippen LogP contribution in [0.1, 0.15) is 33.6 Å². The molecule has 18 heavy (non-hydrogen) atoms. The van der Waals surface area contributed by atoms with Crippen molar-refractivity contribution in [2.24, 2.45) is 11.8 Å². The van der Waals surface area contributed by atoms with Crippen LogP contribution in [0.5, 0.6) is 0 Å². The second-order valence-corrected chi connectivity index (χ2v) is 5.74. The molecule has 0 aliphatic carbocycles. The fraction of sp³-hybridized carbons (Fsp3) is 0.769. The summed E-state index contributed by atoms with van der Waals surface area (Å²) in [5.41, 5.74) is 4.32. The summed E-state index contributed by atoms with van der Waals surface area (Å²) in [6.45, 7) is 6.07. The zero-order valence-electron chi connectivity index (χ0n) is 11.5. The predicted molar refractivity (Wildman–Crippen MR) is 68.3 cm³/mol. The molecular formula is C13H22N3O2+. The Labute approximate surface area is 108 Å². The van der Waals surface area contributed by atoms with Gasteiger partial charge in [0.05, 0.1) is 12.3 Å². The number of carbonyl (C=O) groups excluding carboxylic acids is 2. The number of hydrazone groups is 1. The monoisotopic (exact) mass is 252 g/mol. The lowest BCUT2D eigenvalue weighted by molar-refractivity contribution is -0.554. The van der Waals surface area contributed by atoms with Crippen LogP contribution in [0, 0.1) is 11.8 Å².